The normalized spacial score (nSPS) is 12.4. The molecule has 2 aromatic carbocycles. The number of aromatic nitrogens is 2. The van der Waals surface area contributed by atoms with Crippen LogP contribution in [-0.4, -0.2) is 35.4 Å². The van der Waals surface area contributed by atoms with Crippen LogP contribution in [-0.2, 0) is 13.1 Å². The minimum atomic E-state index is 0.0162. The first-order valence-corrected chi connectivity index (χ1v) is 9.86. The van der Waals surface area contributed by atoms with Gasteiger partial charge in [0.15, 0.2) is 5.96 Å². The Morgan fingerprint density at radius 1 is 1.10 bits per heavy atom. The predicted octanol–water partition coefficient (Wildman–Crippen LogP) is 3.37. The molecule has 0 aliphatic rings. The number of benzene rings is 2. The molecule has 0 radical (unpaired) electrons. The Morgan fingerprint density at radius 3 is 2.66 bits per heavy atom. The van der Waals surface area contributed by atoms with E-state index in [0.717, 1.165) is 18.3 Å². The largest absolute Gasteiger partial charge is 0.489 e. The van der Waals surface area contributed by atoms with Crippen molar-refractivity contribution in [3.8, 4) is 5.75 Å². The summed E-state index contributed by atoms with van der Waals surface area (Å²) in [4.78, 5) is 4.32. The zero-order valence-electron chi connectivity index (χ0n) is 17.3. The van der Waals surface area contributed by atoms with E-state index >= 15 is 0 Å². The quantitative estimate of drug-likeness (QED) is 0.456. The number of ether oxygens (including phenoxy) is 1. The van der Waals surface area contributed by atoms with Crippen molar-refractivity contribution in [2.45, 2.75) is 33.0 Å². The molecule has 0 saturated heterocycles. The monoisotopic (exact) mass is 391 g/mol. The number of aliphatic imine (C=N–C) groups is 1. The Labute approximate surface area is 172 Å². The van der Waals surface area contributed by atoms with Crippen molar-refractivity contribution in [3.63, 3.8) is 0 Å². The van der Waals surface area contributed by atoms with Gasteiger partial charge in [-0.05, 0) is 48.7 Å². The van der Waals surface area contributed by atoms with E-state index in [1.165, 1.54) is 16.7 Å². The SMILES string of the molecule is CN=C(NCc1ccccc1Cn1cccn1)NCC(C)Oc1cccc(C)c1. The zero-order chi connectivity index (χ0) is 20.5. The molecule has 6 nitrogen and oxygen atoms in total. The molecule has 1 unspecified atom stereocenters. The van der Waals surface area contributed by atoms with Crippen molar-refractivity contribution in [1.29, 1.82) is 0 Å². The van der Waals surface area contributed by atoms with Crippen LogP contribution in [0, 0.1) is 6.92 Å². The van der Waals surface area contributed by atoms with Crippen LogP contribution in [0.5, 0.6) is 5.75 Å². The van der Waals surface area contributed by atoms with Crippen LogP contribution in [0.3, 0.4) is 0 Å². The summed E-state index contributed by atoms with van der Waals surface area (Å²) in [6.45, 7) is 6.19. The minimum Gasteiger partial charge on any atom is -0.489 e. The summed E-state index contributed by atoms with van der Waals surface area (Å²) in [5.74, 6) is 1.63. The smallest absolute Gasteiger partial charge is 0.191 e. The fraction of sp³-hybridized carbons (Fsp3) is 0.304. The Morgan fingerprint density at radius 2 is 1.93 bits per heavy atom. The van der Waals surface area contributed by atoms with Gasteiger partial charge < -0.3 is 15.4 Å². The molecule has 0 aliphatic heterocycles. The molecule has 1 aromatic heterocycles. The maximum Gasteiger partial charge on any atom is 0.191 e. The van der Waals surface area contributed by atoms with Crippen molar-refractivity contribution >= 4 is 5.96 Å². The van der Waals surface area contributed by atoms with Crippen LogP contribution in [0.25, 0.3) is 0 Å². The van der Waals surface area contributed by atoms with Crippen molar-refractivity contribution in [2.24, 2.45) is 4.99 Å². The average Bonchev–Trinajstić information content (AvgIpc) is 3.22. The van der Waals surface area contributed by atoms with Gasteiger partial charge in [-0.15, -0.1) is 0 Å². The maximum absolute atomic E-state index is 5.98. The summed E-state index contributed by atoms with van der Waals surface area (Å²) < 4.78 is 7.90. The topological polar surface area (TPSA) is 63.5 Å². The standard InChI is InChI=1S/C23H29N5O/c1-18-8-6-11-22(14-18)29-19(2)15-25-23(24-3)26-16-20-9-4-5-10-21(20)17-28-13-7-12-27-28/h4-14,19H,15-17H2,1-3H3,(H2,24,25,26). The first-order chi connectivity index (χ1) is 14.1. The van der Waals surface area contributed by atoms with E-state index in [0.29, 0.717) is 13.1 Å². The zero-order valence-corrected chi connectivity index (χ0v) is 17.3. The van der Waals surface area contributed by atoms with Crippen LogP contribution < -0.4 is 15.4 Å². The molecular formula is C23H29N5O. The maximum atomic E-state index is 5.98. The van der Waals surface area contributed by atoms with E-state index < -0.39 is 0 Å². The second-order valence-corrected chi connectivity index (χ2v) is 7.02. The molecule has 29 heavy (non-hydrogen) atoms. The van der Waals surface area contributed by atoms with Crippen molar-refractivity contribution in [3.05, 3.63) is 83.7 Å². The summed E-state index contributed by atoms with van der Waals surface area (Å²) in [7, 11) is 1.77. The van der Waals surface area contributed by atoms with Gasteiger partial charge in [0.05, 0.1) is 13.1 Å². The molecule has 0 fully saturated rings. The van der Waals surface area contributed by atoms with Crippen LogP contribution in [0.15, 0.2) is 72.0 Å². The minimum absolute atomic E-state index is 0.0162. The second-order valence-electron chi connectivity index (χ2n) is 7.02. The summed E-state index contributed by atoms with van der Waals surface area (Å²) in [5, 5.41) is 11.0. The number of guanidine groups is 1. The lowest BCUT2D eigenvalue weighted by molar-refractivity contribution is 0.223. The molecule has 2 N–H and O–H groups in total. The number of aryl methyl sites for hydroxylation is 1. The number of rotatable bonds is 8. The first kappa shape index (κ1) is 20.5. The molecule has 6 heteroatoms. The lowest BCUT2D eigenvalue weighted by Gasteiger charge is -2.18. The summed E-state index contributed by atoms with van der Waals surface area (Å²) in [6.07, 6.45) is 3.79. The predicted molar refractivity (Wildman–Crippen MR) is 117 cm³/mol. The van der Waals surface area contributed by atoms with E-state index in [4.69, 9.17) is 4.74 Å². The molecular weight excluding hydrogens is 362 g/mol. The fourth-order valence-electron chi connectivity index (χ4n) is 3.06. The van der Waals surface area contributed by atoms with E-state index in [1.54, 1.807) is 13.2 Å². The fourth-order valence-corrected chi connectivity index (χ4v) is 3.06. The lowest BCUT2D eigenvalue weighted by atomic mass is 10.1. The van der Waals surface area contributed by atoms with Crippen molar-refractivity contribution in [2.75, 3.05) is 13.6 Å². The van der Waals surface area contributed by atoms with Gasteiger partial charge in [0.1, 0.15) is 11.9 Å². The number of nitrogens with zero attached hydrogens (tertiary/aromatic N) is 3. The highest BCUT2D eigenvalue weighted by molar-refractivity contribution is 5.79. The Bertz CT molecular complexity index is 921. The summed E-state index contributed by atoms with van der Waals surface area (Å²) >= 11 is 0. The molecule has 0 bridgehead atoms. The third kappa shape index (κ3) is 6.38. The van der Waals surface area contributed by atoms with Gasteiger partial charge in [-0.2, -0.15) is 5.10 Å². The van der Waals surface area contributed by atoms with Gasteiger partial charge in [0.25, 0.3) is 0 Å². The molecule has 152 valence electrons. The first-order valence-electron chi connectivity index (χ1n) is 9.86. The van der Waals surface area contributed by atoms with Crippen molar-refractivity contribution in [1.82, 2.24) is 20.4 Å². The lowest BCUT2D eigenvalue weighted by Crippen LogP contribution is -2.41. The van der Waals surface area contributed by atoms with Gasteiger partial charge in [0.2, 0.25) is 0 Å². The van der Waals surface area contributed by atoms with Gasteiger partial charge in [0, 0.05) is 26.0 Å². The van der Waals surface area contributed by atoms with Gasteiger partial charge in [-0.1, -0.05) is 36.4 Å². The van der Waals surface area contributed by atoms with E-state index in [1.807, 2.05) is 42.1 Å². The third-order valence-electron chi connectivity index (χ3n) is 4.56. The van der Waals surface area contributed by atoms with Crippen LogP contribution in [0.4, 0.5) is 0 Å². The highest BCUT2D eigenvalue weighted by Crippen LogP contribution is 2.14. The Balaban J connectivity index is 1.50. The molecule has 1 atom stereocenters. The third-order valence-corrected chi connectivity index (χ3v) is 4.56. The van der Waals surface area contributed by atoms with E-state index in [9.17, 15) is 0 Å². The molecule has 0 amide bonds. The Kier molecular flexibility index (Phi) is 7.28. The summed E-state index contributed by atoms with van der Waals surface area (Å²) in [6, 6.07) is 18.4. The number of nitrogens with one attached hydrogen (secondary N) is 2. The second kappa shape index (κ2) is 10.3. The summed E-state index contributed by atoms with van der Waals surface area (Å²) in [5.41, 5.74) is 3.64. The van der Waals surface area contributed by atoms with Gasteiger partial charge in [-0.25, -0.2) is 0 Å². The Hall–Kier alpha value is -3.28. The molecule has 0 aliphatic carbocycles. The van der Waals surface area contributed by atoms with E-state index in [-0.39, 0.29) is 6.10 Å². The van der Waals surface area contributed by atoms with Crippen LogP contribution in [0.2, 0.25) is 0 Å². The van der Waals surface area contributed by atoms with E-state index in [2.05, 4.69) is 58.0 Å². The van der Waals surface area contributed by atoms with Gasteiger partial charge >= 0.3 is 0 Å². The van der Waals surface area contributed by atoms with Crippen LogP contribution >= 0.6 is 0 Å². The van der Waals surface area contributed by atoms with Gasteiger partial charge in [-0.3, -0.25) is 9.67 Å². The molecule has 3 rings (SSSR count). The molecule has 0 spiro atoms. The average molecular weight is 392 g/mol. The van der Waals surface area contributed by atoms with Crippen molar-refractivity contribution < 1.29 is 4.74 Å². The molecule has 1 heterocycles. The molecule has 0 saturated carbocycles. The number of hydrogen-bond donors (Lipinski definition) is 2. The van der Waals surface area contributed by atoms with Crippen LogP contribution in [0.1, 0.15) is 23.6 Å². The highest BCUT2D eigenvalue weighted by Gasteiger charge is 2.08. The number of hydrogen-bond acceptors (Lipinski definition) is 3. The highest BCUT2D eigenvalue weighted by atomic mass is 16.5. The molecule has 3 aromatic rings.